The fourth-order valence-electron chi connectivity index (χ4n) is 1.79. The van der Waals surface area contributed by atoms with Gasteiger partial charge in [-0.2, -0.15) is 0 Å². The summed E-state index contributed by atoms with van der Waals surface area (Å²) in [7, 11) is 0. The lowest BCUT2D eigenvalue weighted by Gasteiger charge is -2.10. The highest BCUT2D eigenvalue weighted by atomic mass is 16.5. The highest BCUT2D eigenvalue weighted by Crippen LogP contribution is 2.24. The minimum atomic E-state index is -0.00401. The van der Waals surface area contributed by atoms with E-state index in [1.807, 2.05) is 31.2 Å². The molecule has 2 N–H and O–H groups in total. The zero-order valence-electron chi connectivity index (χ0n) is 11.7. The zero-order valence-corrected chi connectivity index (χ0v) is 11.7. The maximum absolute atomic E-state index is 5.93. The average Bonchev–Trinajstić information content (AvgIpc) is 2.43. The highest BCUT2D eigenvalue weighted by Gasteiger charge is 2.05. The van der Waals surface area contributed by atoms with Crippen LogP contribution >= 0.6 is 0 Å². The third-order valence-electron chi connectivity index (χ3n) is 3.29. The number of nitrogens with two attached hydrogens (primary N) is 1. The first-order valence-electron chi connectivity index (χ1n) is 6.56. The molecule has 0 aliphatic rings. The second kappa shape index (κ2) is 5.85. The van der Waals surface area contributed by atoms with Gasteiger partial charge in [-0.15, -0.1) is 0 Å². The summed E-state index contributed by atoms with van der Waals surface area (Å²) < 4.78 is 5.78. The largest absolute Gasteiger partial charge is 0.456 e. The zero-order chi connectivity index (χ0) is 13.8. The van der Waals surface area contributed by atoms with Crippen LogP contribution in [-0.4, -0.2) is 4.98 Å². The van der Waals surface area contributed by atoms with Gasteiger partial charge in [0.05, 0.1) is 11.9 Å². The molecule has 0 amide bonds. The number of pyridine rings is 1. The van der Waals surface area contributed by atoms with Crippen molar-refractivity contribution in [3.05, 3.63) is 53.3 Å². The molecular weight excluding hydrogens is 236 g/mol. The van der Waals surface area contributed by atoms with Crippen LogP contribution in [0.25, 0.3) is 0 Å². The molecule has 100 valence electrons. The van der Waals surface area contributed by atoms with E-state index < -0.39 is 0 Å². The van der Waals surface area contributed by atoms with Crippen molar-refractivity contribution >= 4 is 0 Å². The Kier molecular flexibility index (Phi) is 4.17. The van der Waals surface area contributed by atoms with E-state index in [4.69, 9.17) is 10.5 Å². The number of rotatable bonds is 4. The Morgan fingerprint density at radius 1 is 1.11 bits per heavy atom. The molecule has 1 aromatic heterocycles. The molecule has 0 spiro atoms. The molecule has 0 fully saturated rings. The van der Waals surface area contributed by atoms with Gasteiger partial charge in [0.2, 0.25) is 0 Å². The van der Waals surface area contributed by atoms with Crippen LogP contribution in [0.3, 0.4) is 0 Å². The molecule has 0 aliphatic carbocycles. The van der Waals surface area contributed by atoms with Gasteiger partial charge in [-0.05, 0) is 55.7 Å². The van der Waals surface area contributed by atoms with E-state index in [-0.39, 0.29) is 6.04 Å². The van der Waals surface area contributed by atoms with Gasteiger partial charge in [0.15, 0.2) is 0 Å². The normalized spacial score (nSPS) is 12.2. The van der Waals surface area contributed by atoms with Gasteiger partial charge in [0, 0.05) is 6.04 Å². The summed E-state index contributed by atoms with van der Waals surface area (Å²) in [5.41, 5.74) is 9.30. The van der Waals surface area contributed by atoms with Gasteiger partial charge < -0.3 is 10.5 Å². The first-order chi connectivity index (χ1) is 9.10. The lowest BCUT2D eigenvalue weighted by molar-refractivity contribution is 0.478. The second-order valence-corrected chi connectivity index (χ2v) is 4.78. The van der Waals surface area contributed by atoms with Gasteiger partial charge in [0.1, 0.15) is 11.5 Å². The van der Waals surface area contributed by atoms with Gasteiger partial charge in [-0.25, -0.2) is 0 Å². The molecule has 3 nitrogen and oxygen atoms in total. The molecule has 0 bridgehead atoms. The number of aryl methyl sites for hydroxylation is 2. The summed E-state index contributed by atoms with van der Waals surface area (Å²) in [4.78, 5) is 4.34. The number of ether oxygens (including phenoxy) is 1. The van der Waals surface area contributed by atoms with Crippen molar-refractivity contribution in [3.8, 4) is 11.5 Å². The molecule has 3 heteroatoms. The number of hydrogen-bond acceptors (Lipinski definition) is 3. The topological polar surface area (TPSA) is 48.1 Å². The van der Waals surface area contributed by atoms with Crippen molar-refractivity contribution in [2.45, 2.75) is 33.2 Å². The lowest BCUT2D eigenvalue weighted by Crippen LogP contribution is -2.10. The minimum absolute atomic E-state index is 0.00401. The monoisotopic (exact) mass is 256 g/mol. The van der Waals surface area contributed by atoms with Crippen LogP contribution < -0.4 is 10.5 Å². The third-order valence-corrected chi connectivity index (χ3v) is 3.29. The van der Waals surface area contributed by atoms with Crippen LogP contribution in [-0.2, 0) is 0 Å². The maximum Gasteiger partial charge on any atom is 0.145 e. The van der Waals surface area contributed by atoms with E-state index in [0.29, 0.717) is 0 Å². The fourth-order valence-corrected chi connectivity index (χ4v) is 1.79. The lowest BCUT2D eigenvalue weighted by atomic mass is 10.1. The van der Waals surface area contributed by atoms with Crippen LogP contribution in [0.5, 0.6) is 11.5 Å². The quantitative estimate of drug-likeness (QED) is 0.902. The first kappa shape index (κ1) is 13.6. The van der Waals surface area contributed by atoms with Crippen LogP contribution in [0.1, 0.15) is 36.2 Å². The predicted octanol–water partition coefficient (Wildman–Crippen LogP) is 3.90. The summed E-state index contributed by atoms with van der Waals surface area (Å²) in [6, 6.07) is 9.88. The van der Waals surface area contributed by atoms with E-state index in [0.717, 1.165) is 23.6 Å². The van der Waals surface area contributed by atoms with Crippen molar-refractivity contribution in [3.63, 3.8) is 0 Å². The minimum Gasteiger partial charge on any atom is -0.456 e. The molecule has 1 heterocycles. The molecule has 2 aromatic rings. The fraction of sp³-hybridized carbons (Fsp3) is 0.312. The predicted molar refractivity (Wildman–Crippen MR) is 77.4 cm³/mol. The van der Waals surface area contributed by atoms with Crippen LogP contribution in [0, 0.1) is 13.8 Å². The summed E-state index contributed by atoms with van der Waals surface area (Å²) in [5.74, 6) is 1.56. The summed E-state index contributed by atoms with van der Waals surface area (Å²) in [6.45, 7) is 6.21. The van der Waals surface area contributed by atoms with Crippen LogP contribution in [0.15, 0.2) is 36.5 Å². The first-order valence-corrected chi connectivity index (χ1v) is 6.56. The second-order valence-electron chi connectivity index (χ2n) is 4.78. The number of nitrogens with zero attached hydrogens (tertiary/aromatic N) is 1. The highest BCUT2D eigenvalue weighted by molar-refractivity contribution is 5.36. The van der Waals surface area contributed by atoms with Crippen molar-refractivity contribution in [1.29, 1.82) is 0 Å². The molecule has 1 aromatic carbocycles. The molecule has 2 rings (SSSR count). The van der Waals surface area contributed by atoms with E-state index in [1.165, 1.54) is 11.1 Å². The molecule has 0 radical (unpaired) electrons. The third kappa shape index (κ3) is 3.32. The van der Waals surface area contributed by atoms with E-state index in [9.17, 15) is 0 Å². The standard InChI is InChI=1S/C16H20N2O/c1-4-15(17)16-8-7-14(10-18-16)19-13-6-5-11(2)12(3)9-13/h5-10,15H,4,17H2,1-3H3. The van der Waals surface area contributed by atoms with Gasteiger partial charge in [-0.1, -0.05) is 13.0 Å². The Morgan fingerprint density at radius 2 is 1.84 bits per heavy atom. The van der Waals surface area contributed by atoms with E-state index in [2.05, 4.69) is 24.9 Å². The average molecular weight is 256 g/mol. The van der Waals surface area contributed by atoms with Crippen LogP contribution in [0.4, 0.5) is 0 Å². The van der Waals surface area contributed by atoms with Crippen molar-refractivity contribution in [2.75, 3.05) is 0 Å². The van der Waals surface area contributed by atoms with E-state index in [1.54, 1.807) is 6.20 Å². The molecule has 19 heavy (non-hydrogen) atoms. The molecule has 0 saturated carbocycles. The Bertz CT molecular complexity index is 549. The smallest absolute Gasteiger partial charge is 0.145 e. The number of benzene rings is 1. The van der Waals surface area contributed by atoms with Crippen molar-refractivity contribution < 1.29 is 4.74 Å². The molecule has 0 saturated heterocycles. The SMILES string of the molecule is CCC(N)c1ccc(Oc2ccc(C)c(C)c2)cn1. The number of hydrogen-bond donors (Lipinski definition) is 1. The number of aromatic nitrogens is 1. The Hall–Kier alpha value is -1.87. The molecular formula is C16H20N2O. The van der Waals surface area contributed by atoms with Gasteiger partial charge >= 0.3 is 0 Å². The summed E-state index contributed by atoms with van der Waals surface area (Å²) >= 11 is 0. The van der Waals surface area contributed by atoms with Crippen molar-refractivity contribution in [1.82, 2.24) is 4.98 Å². The van der Waals surface area contributed by atoms with Gasteiger partial charge in [0.25, 0.3) is 0 Å². The summed E-state index contributed by atoms with van der Waals surface area (Å²) in [5, 5.41) is 0. The maximum atomic E-state index is 5.93. The Labute approximate surface area is 114 Å². The Morgan fingerprint density at radius 3 is 2.42 bits per heavy atom. The van der Waals surface area contributed by atoms with Crippen molar-refractivity contribution in [2.24, 2.45) is 5.73 Å². The molecule has 1 unspecified atom stereocenters. The molecule has 0 aliphatic heterocycles. The van der Waals surface area contributed by atoms with Gasteiger partial charge in [-0.3, -0.25) is 4.98 Å². The Balaban J connectivity index is 2.12. The van der Waals surface area contributed by atoms with Crippen LogP contribution in [0.2, 0.25) is 0 Å². The summed E-state index contributed by atoms with van der Waals surface area (Å²) in [6.07, 6.45) is 2.60. The van der Waals surface area contributed by atoms with E-state index >= 15 is 0 Å². The molecule has 1 atom stereocenters.